The van der Waals surface area contributed by atoms with Crippen molar-refractivity contribution in [2.45, 2.75) is 44.2 Å². The molecule has 2 fully saturated rings. The molecule has 2 aliphatic rings. The number of fused-ring (bicyclic) bond motifs is 1. The van der Waals surface area contributed by atoms with Crippen LogP contribution in [0, 0.1) is 5.92 Å². The molecule has 3 unspecified atom stereocenters. The van der Waals surface area contributed by atoms with Crippen LogP contribution in [0.1, 0.15) is 42.5 Å². The average Bonchev–Trinajstić information content (AvgIpc) is 2.99. The van der Waals surface area contributed by atoms with Crippen LogP contribution >= 0.6 is 0 Å². The molecule has 1 aromatic rings. The maximum atomic E-state index is 12.4. The van der Waals surface area contributed by atoms with E-state index in [9.17, 15) is 9.59 Å². The summed E-state index contributed by atoms with van der Waals surface area (Å²) in [6.07, 6.45) is 5.93. The normalized spacial score (nSPS) is 26.4. The first-order valence-electron chi connectivity index (χ1n) is 8.43. The van der Waals surface area contributed by atoms with Crippen molar-refractivity contribution in [2.75, 3.05) is 19.4 Å². The predicted molar refractivity (Wildman–Crippen MR) is 90.4 cm³/mol. The summed E-state index contributed by atoms with van der Waals surface area (Å²) < 4.78 is 0. The molecule has 2 amide bonds. The van der Waals surface area contributed by atoms with E-state index >= 15 is 0 Å². The van der Waals surface area contributed by atoms with E-state index in [1.807, 2.05) is 0 Å². The third-order valence-electron chi connectivity index (χ3n) is 4.98. The van der Waals surface area contributed by atoms with Gasteiger partial charge in [0.15, 0.2) is 0 Å². The molecule has 1 aliphatic carbocycles. The van der Waals surface area contributed by atoms with E-state index in [0.29, 0.717) is 17.5 Å². The van der Waals surface area contributed by atoms with Crippen LogP contribution in [-0.2, 0) is 4.79 Å². The molecule has 1 aromatic carbocycles. The van der Waals surface area contributed by atoms with Gasteiger partial charge in [-0.1, -0.05) is 12.8 Å². The van der Waals surface area contributed by atoms with Crippen LogP contribution in [0.5, 0.6) is 0 Å². The fraction of sp³-hybridized carbons (Fsp3) is 0.556. The van der Waals surface area contributed by atoms with Crippen LogP contribution in [0.2, 0.25) is 0 Å². The van der Waals surface area contributed by atoms with Crippen LogP contribution in [-0.4, -0.2) is 42.9 Å². The molecule has 0 aromatic heterocycles. The monoisotopic (exact) mass is 315 g/mol. The second-order valence-electron chi connectivity index (χ2n) is 6.87. The molecular formula is C18H25N3O2. The number of rotatable bonds is 3. The number of hydrogen-bond donors (Lipinski definition) is 2. The van der Waals surface area contributed by atoms with E-state index in [1.54, 1.807) is 38.4 Å². The van der Waals surface area contributed by atoms with E-state index in [0.717, 1.165) is 12.1 Å². The zero-order chi connectivity index (χ0) is 16.4. The van der Waals surface area contributed by atoms with Gasteiger partial charge in [-0.05, 0) is 49.4 Å². The summed E-state index contributed by atoms with van der Waals surface area (Å²) in [5, 5.41) is 6.45. The van der Waals surface area contributed by atoms with Gasteiger partial charge < -0.3 is 15.5 Å². The number of anilines is 1. The maximum absolute atomic E-state index is 12.4. The summed E-state index contributed by atoms with van der Waals surface area (Å²) in [6, 6.07) is 7.50. The third-order valence-corrected chi connectivity index (χ3v) is 4.98. The first kappa shape index (κ1) is 16.0. The van der Waals surface area contributed by atoms with Crippen molar-refractivity contribution in [3.05, 3.63) is 29.8 Å². The zero-order valence-electron chi connectivity index (χ0n) is 13.8. The van der Waals surface area contributed by atoms with Crippen molar-refractivity contribution in [3.8, 4) is 0 Å². The number of nitrogens with zero attached hydrogens (tertiary/aromatic N) is 1. The molecule has 1 saturated heterocycles. The minimum atomic E-state index is -0.0915. The Bertz CT molecular complexity index is 568. The molecule has 1 saturated carbocycles. The lowest BCUT2D eigenvalue weighted by Crippen LogP contribution is -2.39. The van der Waals surface area contributed by atoms with Gasteiger partial charge in [0.1, 0.15) is 0 Å². The SMILES string of the molecule is CN(C)C(=O)c1ccc(NC(=O)C2CC3CCCCC3N2)cc1. The van der Waals surface area contributed by atoms with Crippen molar-refractivity contribution >= 4 is 17.5 Å². The highest BCUT2D eigenvalue weighted by molar-refractivity contribution is 5.97. The summed E-state index contributed by atoms with van der Waals surface area (Å²) >= 11 is 0. The summed E-state index contributed by atoms with van der Waals surface area (Å²) in [7, 11) is 3.45. The van der Waals surface area contributed by atoms with E-state index in [4.69, 9.17) is 0 Å². The van der Waals surface area contributed by atoms with Gasteiger partial charge >= 0.3 is 0 Å². The van der Waals surface area contributed by atoms with E-state index in [-0.39, 0.29) is 17.9 Å². The number of hydrogen-bond acceptors (Lipinski definition) is 3. The van der Waals surface area contributed by atoms with Crippen LogP contribution in [0.15, 0.2) is 24.3 Å². The van der Waals surface area contributed by atoms with Crippen molar-refractivity contribution in [3.63, 3.8) is 0 Å². The summed E-state index contributed by atoms with van der Waals surface area (Å²) in [5.74, 6) is 0.648. The highest BCUT2D eigenvalue weighted by Gasteiger charge is 2.38. The van der Waals surface area contributed by atoms with E-state index < -0.39 is 0 Å². The molecule has 5 heteroatoms. The van der Waals surface area contributed by atoms with Gasteiger partial charge in [-0.25, -0.2) is 0 Å². The lowest BCUT2D eigenvalue weighted by molar-refractivity contribution is -0.117. The minimum absolute atomic E-state index is 0.0334. The Morgan fingerprint density at radius 2 is 1.83 bits per heavy atom. The van der Waals surface area contributed by atoms with Gasteiger partial charge in [0.25, 0.3) is 5.91 Å². The van der Waals surface area contributed by atoms with Gasteiger partial charge in [-0.3, -0.25) is 9.59 Å². The molecule has 0 radical (unpaired) electrons. The Balaban J connectivity index is 1.59. The van der Waals surface area contributed by atoms with Gasteiger partial charge in [-0.15, -0.1) is 0 Å². The Kier molecular flexibility index (Phi) is 4.66. The first-order valence-corrected chi connectivity index (χ1v) is 8.43. The number of benzene rings is 1. The summed E-state index contributed by atoms with van der Waals surface area (Å²) in [6.45, 7) is 0. The van der Waals surface area contributed by atoms with Gasteiger partial charge in [-0.2, -0.15) is 0 Å². The second-order valence-corrected chi connectivity index (χ2v) is 6.87. The number of carbonyl (C=O) groups excluding carboxylic acids is 2. The lowest BCUT2D eigenvalue weighted by Gasteiger charge is -2.24. The van der Waals surface area contributed by atoms with Crippen molar-refractivity contribution in [2.24, 2.45) is 5.92 Å². The van der Waals surface area contributed by atoms with Gasteiger partial charge in [0, 0.05) is 31.4 Å². The Morgan fingerprint density at radius 1 is 1.13 bits per heavy atom. The molecule has 0 bridgehead atoms. The zero-order valence-corrected chi connectivity index (χ0v) is 13.8. The van der Waals surface area contributed by atoms with E-state index in [1.165, 1.54) is 30.6 Å². The van der Waals surface area contributed by atoms with Crippen LogP contribution in [0.4, 0.5) is 5.69 Å². The van der Waals surface area contributed by atoms with Crippen LogP contribution in [0.3, 0.4) is 0 Å². The molecular weight excluding hydrogens is 290 g/mol. The molecule has 0 spiro atoms. The topological polar surface area (TPSA) is 61.4 Å². The smallest absolute Gasteiger partial charge is 0.253 e. The largest absolute Gasteiger partial charge is 0.345 e. The second kappa shape index (κ2) is 6.71. The van der Waals surface area contributed by atoms with Crippen LogP contribution < -0.4 is 10.6 Å². The fourth-order valence-corrected chi connectivity index (χ4v) is 3.70. The highest BCUT2D eigenvalue weighted by atomic mass is 16.2. The Labute approximate surface area is 137 Å². The molecule has 2 N–H and O–H groups in total. The van der Waals surface area contributed by atoms with Crippen LogP contribution in [0.25, 0.3) is 0 Å². The quantitative estimate of drug-likeness (QED) is 0.899. The molecule has 3 rings (SSSR count). The molecule has 23 heavy (non-hydrogen) atoms. The first-order chi connectivity index (χ1) is 11.0. The molecule has 5 nitrogen and oxygen atoms in total. The number of nitrogens with one attached hydrogen (secondary N) is 2. The predicted octanol–water partition coefficient (Wildman–Crippen LogP) is 2.25. The van der Waals surface area contributed by atoms with Gasteiger partial charge in [0.05, 0.1) is 6.04 Å². The highest BCUT2D eigenvalue weighted by Crippen LogP contribution is 2.33. The van der Waals surface area contributed by atoms with Crippen molar-refractivity contribution < 1.29 is 9.59 Å². The summed E-state index contributed by atoms with van der Waals surface area (Å²) in [4.78, 5) is 25.8. The standard InChI is InChI=1S/C18H25N3O2/c1-21(2)18(23)12-7-9-14(10-8-12)19-17(22)16-11-13-5-3-4-6-15(13)20-16/h7-10,13,15-16,20H,3-6,11H2,1-2H3,(H,19,22). The van der Waals surface area contributed by atoms with Crippen molar-refractivity contribution in [1.82, 2.24) is 10.2 Å². The number of amides is 2. The number of carbonyl (C=O) groups is 2. The van der Waals surface area contributed by atoms with Crippen molar-refractivity contribution in [1.29, 1.82) is 0 Å². The minimum Gasteiger partial charge on any atom is -0.345 e. The molecule has 124 valence electrons. The molecule has 3 atom stereocenters. The van der Waals surface area contributed by atoms with Gasteiger partial charge in [0.2, 0.25) is 5.91 Å². The third kappa shape index (κ3) is 3.55. The Morgan fingerprint density at radius 3 is 2.48 bits per heavy atom. The van der Waals surface area contributed by atoms with E-state index in [2.05, 4.69) is 10.6 Å². The molecule has 1 aliphatic heterocycles. The summed E-state index contributed by atoms with van der Waals surface area (Å²) in [5.41, 5.74) is 1.36. The maximum Gasteiger partial charge on any atom is 0.253 e. The Hall–Kier alpha value is -1.88. The fourth-order valence-electron chi connectivity index (χ4n) is 3.70. The lowest BCUT2D eigenvalue weighted by atomic mass is 9.85. The molecule has 1 heterocycles. The average molecular weight is 315 g/mol.